The lowest BCUT2D eigenvalue weighted by Gasteiger charge is -2.26. The highest BCUT2D eigenvalue weighted by molar-refractivity contribution is 7.89. The second-order valence-electron chi connectivity index (χ2n) is 8.67. The first kappa shape index (κ1) is 24.3. The molecule has 0 bridgehead atoms. The number of benzene rings is 2. The van der Waals surface area contributed by atoms with E-state index in [2.05, 4.69) is 5.32 Å². The van der Waals surface area contributed by atoms with Crippen LogP contribution in [0, 0.1) is 13.8 Å². The van der Waals surface area contributed by atoms with E-state index in [4.69, 9.17) is 13.9 Å². The summed E-state index contributed by atoms with van der Waals surface area (Å²) >= 11 is 0. The number of aryl methyl sites for hydroxylation is 2. The zero-order valence-corrected chi connectivity index (χ0v) is 20.7. The van der Waals surface area contributed by atoms with E-state index in [0.717, 1.165) is 22.1 Å². The van der Waals surface area contributed by atoms with Crippen LogP contribution in [0.15, 0.2) is 50.5 Å². The van der Waals surface area contributed by atoms with E-state index in [1.54, 1.807) is 18.2 Å². The van der Waals surface area contributed by atoms with Crippen molar-refractivity contribution in [1.29, 1.82) is 0 Å². The van der Waals surface area contributed by atoms with Gasteiger partial charge in [-0.2, -0.15) is 4.31 Å². The van der Waals surface area contributed by atoms with Crippen LogP contribution >= 0.6 is 0 Å². The number of ether oxygens (including phenoxy) is 2. The lowest BCUT2D eigenvalue weighted by atomic mass is 10.0. The smallest absolute Gasteiger partial charge is 0.336 e. The molecule has 4 rings (SSSR count). The number of morpholine rings is 1. The number of nitrogens with one attached hydrogen (secondary N) is 1. The minimum absolute atomic E-state index is 0.0996. The lowest BCUT2D eigenvalue weighted by Crippen LogP contribution is -2.40. The van der Waals surface area contributed by atoms with E-state index in [9.17, 15) is 13.2 Å². The molecule has 1 N–H and O–H groups in total. The number of hydrogen-bond donors (Lipinski definition) is 1. The highest BCUT2D eigenvalue weighted by Gasteiger charge is 2.27. The first-order chi connectivity index (χ1) is 16.2. The number of nitrogens with zero attached hydrogens (tertiary/aromatic N) is 1. The molecule has 0 spiro atoms. The summed E-state index contributed by atoms with van der Waals surface area (Å²) in [6.45, 7) is 9.39. The fourth-order valence-corrected chi connectivity index (χ4v) is 5.40. The Bertz CT molecular complexity index is 1360. The van der Waals surface area contributed by atoms with Crippen LogP contribution in [-0.4, -0.2) is 45.1 Å². The maximum atomic E-state index is 13.2. The van der Waals surface area contributed by atoms with Crippen molar-refractivity contribution < 1.29 is 22.3 Å². The average molecular weight is 487 g/mol. The number of sulfonamides is 1. The summed E-state index contributed by atoms with van der Waals surface area (Å²) < 4.78 is 44.5. The molecule has 3 aromatic rings. The molecule has 0 unspecified atom stereocenters. The summed E-state index contributed by atoms with van der Waals surface area (Å²) in [6.07, 6.45) is -0.0996. The Morgan fingerprint density at radius 2 is 1.82 bits per heavy atom. The number of hydrogen-bond acceptors (Lipinski definition) is 7. The van der Waals surface area contributed by atoms with Crippen LogP contribution in [-0.2, 0) is 21.3 Å². The standard InChI is InChI=1S/C25H30N2O6S/c1-16(2)32-23-8-6-20(34(29,30)27-9-11-31-12-10-27)14-22(23)26-15-19-13-24(28)33-25-18(4)17(3)5-7-21(19)25/h5-8,13-14,16,26H,9-12,15H2,1-4H3. The summed E-state index contributed by atoms with van der Waals surface area (Å²) in [4.78, 5) is 12.4. The van der Waals surface area contributed by atoms with Gasteiger partial charge in [0.15, 0.2) is 0 Å². The van der Waals surface area contributed by atoms with Crippen molar-refractivity contribution in [3.05, 3.63) is 63.5 Å². The highest BCUT2D eigenvalue weighted by atomic mass is 32.2. The molecule has 0 saturated carbocycles. The van der Waals surface area contributed by atoms with Gasteiger partial charge in [0.1, 0.15) is 11.3 Å². The molecule has 1 saturated heterocycles. The Morgan fingerprint density at radius 3 is 2.53 bits per heavy atom. The van der Waals surface area contributed by atoms with Crippen molar-refractivity contribution in [3.63, 3.8) is 0 Å². The number of rotatable bonds is 7. The van der Waals surface area contributed by atoms with Gasteiger partial charge in [-0.15, -0.1) is 0 Å². The third kappa shape index (κ3) is 4.96. The Kier molecular flexibility index (Phi) is 6.97. The van der Waals surface area contributed by atoms with Gasteiger partial charge in [-0.1, -0.05) is 12.1 Å². The first-order valence-corrected chi connectivity index (χ1v) is 12.8. The van der Waals surface area contributed by atoms with Crippen LogP contribution in [0.4, 0.5) is 5.69 Å². The van der Waals surface area contributed by atoms with Gasteiger partial charge in [-0.25, -0.2) is 13.2 Å². The Labute approximate surface area is 199 Å². The Balaban J connectivity index is 1.70. The molecule has 1 fully saturated rings. The molecular formula is C25H30N2O6S. The van der Waals surface area contributed by atoms with E-state index < -0.39 is 15.6 Å². The van der Waals surface area contributed by atoms with Gasteiger partial charge in [-0.05, 0) is 62.6 Å². The molecule has 2 aromatic carbocycles. The normalized spacial score (nSPS) is 15.1. The summed E-state index contributed by atoms with van der Waals surface area (Å²) in [5.74, 6) is 0.537. The van der Waals surface area contributed by atoms with Crippen molar-refractivity contribution in [3.8, 4) is 5.75 Å². The second kappa shape index (κ2) is 9.77. The topological polar surface area (TPSA) is 98.1 Å². The minimum Gasteiger partial charge on any atom is -0.489 e. The number of fused-ring (bicyclic) bond motifs is 1. The molecule has 182 valence electrons. The SMILES string of the molecule is Cc1ccc2c(CNc3cc(S(=O)(=O)N4CCOCC4)ccc3OC(C)C)cc(=O)oc2c1C. The number of anilines is 1. The molecule has 1 aliphatic rings. The van der Waals surface area contributed by atoms with E-state index in [1.165, 1.54) is 10.4 Å². The van der Waals surface area contributed by atoms with Crippen LogP contribution in [0.5, 0.6) is 5.75 Å². The van der Waals surface area contributed by atoms with Gasteiger partial charge < -0.3 is 19.2 Å². The predicted molar refractivity (Wildman–Crippen MR) is 131 cm³/mol. The van der Waals surface area contributed by atoms with E-state index in [1.807, 2.05) is 39.8 Å². The average Bonchev–Trinajstić information content (AvgIpc) is 2.81. The third-order valence-electron chi connectivity index (χ3n) is 5.91. The summed E-state index contributed by atoms with van der Waals surface area (Å²) in [6, 6.07) is 10.2. The van der Waals surface area contributed by atoms with Gasteiger partial charge >= 0.3 is 5.63 Å². The van der Waals surface area contributed by atoms with Gasteiger partial charge in [0.05, 0.1) is 29.9 Å². The van der Waals surface area contributed by atoms with Gasteiger partial charge in [0, 0.05) is 31.1 Å². The van der Waals surface area contributed by atoms with Crippen LogP contribution in [0.1, 0.15) is 30.5 Å². The van der Waals surface area contributed by atoms with Gasteiger partial charge in [0.25, 0.3) is 0 Å². The first-order valence-electron chi connectivity index (χ1n) is 11.3. The maximum Gasteiger partial charge on any atom is 0.336 e. The lowest BCUT2D eigenvalue weighted by molar-refractivity contribution is 0.0730. The molecule has 2 heterocycles. The Hall–Kier alpha value is -2.88. The quantitative estimate of drug-likeness (QED) is 0.507. The van der Waals surface area contributed by atoms with Crippen LogP contribution in [0.25, 0.3) is 11.0 Å². The van der Waals surface area contributed by atoms with Crippen molar-refractivity contribution in [2.75, 3.05) is 31.6 Å². The molecule has 0 amide bonds. The zero-order chi connectivity index (χ0) is 24.5. The van der Waals surface area contributed by atoms with Crippen molar-refractivity contribution in [2.45, 2.75) is 45.2 Å². The molecule has 1 aliphatic heterocycles. The zero-order valence-electron chi connectivity index (χ0n) is 19.9. The maximum absolute atomic E-state index is 13.2. The largest absolute Gasteiger partial charge is 0.489 e. The van der Waals surface area contributed by atoms with Gasteiger partial charge in [-0.3, -0.25) is 0 Å². The molecule has 8 nitrogen and oxygen atoms in total. The molecule has 0 aliphatic carbocycles. The predicted octanol–water partition coefficient (Wildman–Crippen LogP) is 3.83. The summed E-state index contributed by atoms with van der Waals surface area (Å²) in [5, 5.41) is 4.12. The molecule has 0 atom stereocenters. The summed E-state index contributed by atoms with van der Waals surface area (Å²) in [5.41, 5.74) is 3.37. The van der Waals surface area contributed by atoms with E-state index in [0.29, 0.717) is 49.9 Å². The Morgan fingerprint density at radius 1 is 1.09 bits per heavy atom. The van der Waals surface area contributed by atoms with Crippen molar-refractivity contribution >= 4 is 26.7 Å². The van der Waals surface area contributed by atoms with E-state index in [-0.39, 0.29) is 11.0 Å². The second-order valence-corrected chi connectivity index (χ2v) is 10.6. The van der Waals surface area contributed by atoms with Crippen LogP contribution in [0.2, 0.25) is 0 Å². The van der Waals surface area contributed by atoms with Gasteiger partial charge in [0.2, 0.25) is 10.0 Å². The fourth-order valence-electron chi connectivity index (χ4n) is 3.96. The molecule has 1 aromatic heterocycles. The van der Waals surface area contributed by atoms with E-state index >= 15 is 0 Å². The molecular weight excluding hydrogens is 456 g/mol. The van der Waals surface area contributed by atoms with Crippen LogP contribution in [0.3, 0.4) is 0 Å². The van der Waals surface area contributed by atoms with Crippen molar-refractivity contribution in [1.82, 2.24) is 4.31 Å². The molecule has 9 heteroatoms. The molecule has 34 heavy (non-hydrogen) atoms. The summed E-state index contributed by atoms with van der Waals surface area (Å²) in [7, 11) is -3.67. The van der Waals surface area contributed by atoms with Crippen molar-refractivity contribution in [2.24, 2.45) is 0 Å². The highest BCUT2D eigenvalue weighted by Crippen LogP contribution is 2.31. The molecule has 0 radical (unpaired) electrons. The van der Waals surface area contributed by atoms with Crippen LogP contribution < -0.4 is 15.7 Å². The third-order valence-corrected chi connectivity index (χ3v) is 7.80. The fraction of sp³-hybridized carbons (Fsp3) is 0.400. The monoisotopic (exact) mass is 486 g/mol. The minimum atomic E-state index is -3.67.